The molecule has 0 saturated heterocycles. The van der Waals surface area contributed by atoms with E-state index >= 15 is 0 Å². The molecule has 0 fully saturated rings. The number of benzene rings is 1. The van der Waals surface area contributed by atoms with Crippen molar-refractivity contribution in [1.82, 2.24) is 29.5 Å². The van der Waals surface area contributed by atoms with Crippen LogP contribution in [0.4, 0.5) is 0 Å². The molecule has 0 N–H and O–H groups in total. The van der Waals surface area contributed by atoms with Gasteiger partial charge in [-0.25, -0.2) is 9.67 Å². The largest absolute Gasteiger partial charge is 0.339 e. The van der Waals surface area contributed by atoms with Gasteiger partial charge in [-0.15, -0.1) is 0 Å². The maximum absolute atomic E-state index is 12.6. The number of para-hydroxylation sites is 1. The molecule has 1 aromatic carbocycles. The van der Waals surface area contributed by atoms with Crippen LogP contribution in [0.25, 0.3) is 16.7 Å². The van der Waals surface area contributed by atoms with E-state index in [2.05, 4.69) is 20.2 Å². The zero-order valence-electron chi connectivity index (χ0n) is 13.0. The highest BCUT2D eigenvalue weighted by Gasteiger charge is 2.13. The van der Waals surface area contributed by atoms with Gasteiger partial charge < -0.3 is 4.52 Å². The normalized spacial score (nSPS) is 11.2. The smallest absolute Gasteiger partial charge is 0.264 e. The van der Waals surface area contributed by atoms with E-state index in [1.165, 1.54) is 17.1 Å². The Morgan fingerprint density at radius 3 is 2.79 bits per heavy atom. The SMILES string of the molecule is CCc1nc(Cn2cnc3c(cnn3-c3ccccc3)c2=O)no1. The average Bonchev–Trinajstić information content (AvgIpc) is 3.25. The Morgan fingerprint density at radius 1 is 1.21 bits per heavy atom. The molecule has 0 spiro atoms. The molecule has 0 saturated carbocycles. The molecule has 0 radical (unpaired) electrons. The minimum atomic E-state index is -0.190. The topological polar surface area (TPSA) is 91.6 Å². The molecule has 4 aromatic rings. The Labute approximate surface area is 136 Å². The van der Waals surface area contributed by atoms with Crippen LogP contribution in [0.2, 0.25) is 0 Å². The van der Waals surface area contributed by atoms with Gasteiger partial charge in [0.05, 0.1) is 18.4 Å². The van der Waals surface area contributed by atoms with Crippen molar-refractivity contribution >= 4 is 11.0 Å². The predicted molar refractivity (Wildman–Crippen MR) is 85.9 cm³/mol. The number of nitrogens with zero attached hydrogens (tertiary/aromatic N) is 6. The zero-order valence-corrected chi connectivity index (χ0v) is 13.0. The molecule has 0 atom stereocenters. The molecule has 0 aliphatic heterocycles. The first-order valence-electron chi connectivity index (χ1n) is 7.56. The van der Waals surface area contributed by atoms with Crippen LogP contribution in [0, 0.1) is 0 Å². The van der Waals surface area contributed by atoms with Crippen LogP contribution in [0.3, 0.4) is 0 Å². The van der Waals surface area contributed by atoms with Gasteiger partial charge in [-0.3, -0.25) is 9.36 Å². The lowest BCUT2D eigenvalue weighted by Crippen LogP contribution is -2.21. The van der Waals surface area contributed by atoms with Gasteiger partial charge in [-0.05, 0) is 12.1 Å². The summed E-state index contributed by atoms with van der Waals surface area (Å²) in [5.74, 6) is 0.995. The Morgan fingerprint density at radius 2 is 2.04 bits per heavy atom. The Hall–Kier alpha value is -3.29. The summed E-state index contributed by atoms with van der Waals surface area (Å²) in [6.07, 6.45) is 3.67. The van der Waals surface area contributed by atoms with Crippen molar-refractivity contribution in [3.63, 3.8) is 0 Å². The monoisotopic (exact) mass is 322 g/mol. The van der Waals surface area contributed by atoms with E-state index in [0.29, 0.717) is 29.2 Å². The van der Waals surface area contributed by atoms with Crippen LogP contribution in [0.1, 0.15) is 18.6 Å². The number of hydrogen-bond acceptors (Lipinski definition) is 6. The highest BCUT2D eigenvalue weighted by molar-refractivity contribution is 5.74. The number of aryl methyl sites for hydroxylation is 1. The van der Waals surface area contributed by atoms with Crippen molar-refractivity contribution in [3.8, 4) is 5.69 Å². The molecule has 4 rings (SSSR count). The summed E-state index contributed by atoms with van der Waals surface area (Å²) in [6, 6.07) is 9.55. The van der Waals surface area contributed by atoms with E-state index in [4.69, 9.17) is 4.52 Å². The third kappa shape index (κ3) is 2.37. The molecule has 8 heteroatoms. The lowest BCUT2D eigenvalue weighted by molar-refractivity contribution is 0.375. The van der Waals surface area contributed by atoms with Crippen LogP contribution in [0.5, 0.6) is 0 Å². The molecule has 8 nitrogen and oxygen atoms in total. The van der Waals surface area contributed by atoms with Gasteiger partial charge in [0.1, 0.15) is 11.7 Å². The summed E-state index contributed by atoms with van der Waals surface area (Å²) in [7, 11) is 0. The first-order chi connectivity index (χ1) is 11.8. The van der Waals surface area contributed by atoms with E-state index in [-0.39, 0.29) is 12.1 Å². The standard InChI is InChI=1S/C16H14N6O2/c1-2-14-19-13(20-24-14)9-21-10-17-15-12(16(21)23)8-18-22(15)11-6-4-3-5-7-11/h3-8,10H,2,9H2,1H3. The molecular formula is C16H14N6O2. The summed E-state index contributed by atoms with van der Waals surface area (Å²) < 4.78 is 8.15. The third-order valence-corrected chi connectivity index (χ3v) is 3.68. The Balaban J connectivity index is 1.75. The second-order valence-corrected chi connectivity index (χ2v) is 5.26. The third-order valence-electron chi connectivity index (χ3n) is 3.68. The number of fused-ring (bicyclic) bond motifs is 1. The highest BCUT2D eigenvalue weighted by Crippen LogP contribution is 2.13. The van der Waals surface area contributed by atoms with E-state index < -0.39 is 0 Å². The quantitative estimate of drug-likeness (QED) is 0.566. The van der Waals surface area contributed by atoms with Gasteiger partial charge >= 0.3 is 0 Å². The fourth-order valence-electron chi connectivity index (χ4n) is 2.47. The van der Waals surface area contributed by atoms with Crippen LogP contribution in [-0.4, -0.2) is 29.5 Å². The molecular weight excluding hydrogens is 308 g/mol. The Bertz CT molecular complexity index is 1050. The predicted octanol–water partition coefficient (Wildman–Crippen LogP) is 1.58. The maximum atomic E-state index is 12.6. The molecule has 3 heterocycles. The van der Waals surface area contributed by atoms with E-state index in [9.17, 15) is 4.79 Å². The van der Waals surface area contributed by atoms with Crippen LogP contribution in [-0.2, 0) is 13.0 Å². The van der Waals surface area contributed by atoms with Gasteiger partial charge in [0.2, 0.25) is 5.89 Å². The molecule has 0 aliphatic carbocycles. The first kappa shape index (κ1) is 14.3. The number of aromatic nitrogens is 6. The first-order valence-corrected chi connectivity index (χ1v) is 7.56. The lowest BCUT2D eigenvalue weighted by atomic mass is 10.3. The van der Waals surface area contributed by atoms with Crippen molar-refractivity contribution in [1.29, 1.82) is 0 Å². The number of rotatable bonds is 4. The second-order valence-electron chi connectivity index (χ2n) is 5.26. The van der Waals surface area contributed by atoms with Crippen molar-refractivity contribution < 1.29 is 4.52 Å². The molecule has 3 aromatic heterocycles. The summed E-state index contributed by atoms with van der Waals surface area (Å²) in [6.45, 7) is 2.14. The van der Waals surface area contributed by atoms with Crippen molar-refractivity contribution in [2.24, 2.45) is 0 Å². The Kier molecular flexibility index (Phi) is 3.42. The van der Waals surface area contributed by atoms with Gasteiger partial charge in [-0.1, -0.05) is 30.3 Å². The van der Waals surface area contributed by atoms with Crippen molar-refractivity contribution in [2.45, 2.75) is 19.9 Å². The van der Waals surface area contributed by atoms with Crippen LogP contribution >= 0.6 is 0 Å². The minimum absolute atomic E-state index is 0.190. The molecule has 0 aliphatic rings. The van der Waals surface area contributed by atoms with E-state index in [1.54, 1.807) is 4.68 Å². The van der Waals surface area contributed by atoms with Gasteiger partial charge in [0, 0.05) is 6.42 Å². The van der Waals surface area contributed by atoms with Crippen LogP contribution in [0.15, 0.2) is 52.2 Å². The summed E-state index contributed by atoms with van der Waals surface area (Å²) >= 11 is 0. The second kappa shape index (κ2) is 5.73. The molecule has 0 amide bonds. The molecule has 0 unspecified atom stereocenters. The van der Waals surface area contributed by atoms with Gasteiger partial charge in [-0.2, -0.15) is 10.1 Å². The summed E-state index contributed by atoms with van der Waals surface area (Å²) in [5, 5.41) is 8.59. The number of hydrogen-bond donors (Lipinski definition) is 0. The minimum Gasteiger partial charge on any atom is -0.339 e. The lowest BCUT2D eigenvalue weighted by Gasteiger charge is -2.04. The fourth-order valence-corrected chi connectivity index (χ4v) is 2.47. The average molecular weight is 322 g/mol. The van der Waals surface area contributed by atoms with Gasteiger partial charge in [0.15, 0.2) is 11.5 Å². The van der Waals surface area contributed by atoms with Gasteiger partial charge in [0.25, 0.3) is 5.56 Å². The molecule has 0 bridgehead atoms. The van der Waals surface area contributed by atoms with Crippen molar-refractivity contribution in [3.05, 3.63) is 64.9 Å². The fraction of sp³-hybridized carbons (Fsp3) is 0.188. The van der Waals surface area contributed by atoms with E-state index in [0.717, 1.165) is 5.69 Å². The highest BCUT2D eigenvalue weighted by atomic mass is 16.5. The molecule has 24 heavy (non-hydrogen) atoms. The maximum Gasteiger partial charge on any atom is 0.264 e. The zero-order chi connectivity index (χ0) is 16.5. The summed E-state index contributed by atoms with van der Waals surface area (Å²) in [5.41, 5.74) is 1.18. The molecule has 120 valence electrons. The van der Waals surface area contributed by atoms with Crippen LogP contribution < -0.4 is 5.56 Å². The van der Waals surface area contributed by atoms with E-state index in [1.807, 2.05) is 37.3 Å². The summed E-state index contributed by atoms with van der Waals surface area (Å²) in [4.78, 5) is 21.2. The van der Waals surface area contributed by atoms with Crippen molar-refractivity contribution in [2.75, 3.05) is 0 Å².